The summed E-state index contributed by atoms with van der Waals surface area (Å²) in [5.74, 6) is -0.122. The maximum Gasteiger partial charge on any atom is 0.251 e. The number of aliphatic hydroxyl groups excluding tert-OH is 1. The van der Waals surface area contributed by atoms with Crippen LogP contribution in [0.25, 0.3) is 0 Å². The van der Waals surface area contributed by atoms with Crippen LogP contribution in [0.4, 0.5) is 0 Å². The molecular formula is C14H19NO2. The molecule has 0 bridgehead atoms. The highest BCUT2D eigenvalue weighted by atomic mass is 16.3. The molecule has 1 atom stereocenters. The molecule has 92 valence electrons. The summed E-state index contributed by atoms with van der Waals surface area (Å²) in [5.41, 5.74) is 2.20. The van der Waals surface area contributed by atoms with Gasteiger partial charge in [0.2, 0.25) is 0 Å². The van der Waals surface area contributed by atoms with E-state index < -0.39 is 6.10 Å². The number of aryl methyl sites for hydroxylation is 1. The molecule has 3 nitrogen and oxygen atoms in total. The van der Waals surface area contributed by atoms with Crippen LogP contribution < -0.4 is 0 Å². The van der Waals surface area contributed by atoms with Gasteiger partial charge >= 0.3 is 0 Å². The highest BCUT2D eigenvalue weighted by Crippen LogP contribution is 2.12. The number of nitrogens with zero attached hydrogens (tertiary/aromatic N) is 1. The molecular weight excluding hydrogens is 214 g/mol. The van der Waals surface area contributed by atoms with Crippen LogP contribution in [0.3, 0.4) is 0 Å². The van der Waals surface area contributed by atoms with Crippen molar-refractivity contribution < 1.29 is 9.90 Å². The van der Waals surface area contributed by atoms with Crippen LogP contribution in [0, 0.1) is 6.92 Å². The van der Waals surface area contributed by atoms with Gasteiger partial charge in [-0.15, -0.1) is 0 Å². The van der Waals surface area contributed by atoms with E-state index in [1.807, 2.05) is 31.2 Å². The molecule has 0 spiro atoms. The summed E-state index contributed by atoms with van der Waals surface area (Å²) in [6.07, 6.45) is 1.64. The van der Waals surface area contributed by atoms with Gasteiger partial charge in [-0.25, -0.2) is 0 Å². The van der Waals surface area contributed by atoms with Gasteiger partial charge in [0, 0.05) is 19.5 Å². The molecule has 1 unspecified atom stereocenters. The van der Waals surface area contributed by atoms with Gasteiger partial charge in [0.1, 0.15) is 6.10 Å². The van der Waals surface area contributed by atoms with Crippen molar-refractivity contribution in [1.82, 2.24) is 4.90 Å². The highest BCUT2D eigenvalue weighted by molar-refractivity contribution is 5.81. The Morgan fingerprint density at radius 1 is 1.29 bits per heavy atom. The Bertz CT molecular complexity index is 380. The fourth-order valence-corrected chi connectivity index (χ4v) is 2.18. The first kappa shape index (κ1) is 12.1. The molecule has 1 aliphatic rings. The number of aliphatic hydroxyl groups is 1. The number of carbonyl (C=O) groups is 1. The van der Waals surface area contributed by atoms with E-state index in [-0.39, 0.29) is 5.91 Å². The van der Waals surface area contributed by atoms with Gasteiger partial charge in [-0.1, -0.05) is 29.8 Å². The molecule has 1 heterocycles. The average molecular weight is 233 g/mol. The fourth-order valence-electron chi connectivity index (χ4n) is 2.18. The predicted octanol–water partition coefficient (Wildman–Crippen LogP) is 1.52. The zero-order valence-electron chi connectivity index (χ0n) is 10.2. The number of rotatable bonds is 3. The van der Waals surface area contributed by atoms with Crippen LogP contribution in [-0.2, 0) is 11.2 Å². The minimum absolute atomic E-state index is 0.122. The summed E-state index contributed by atoms with van der Waals surface area (Å²) >= 11 is 0. The summed E-state index contributed by atoms with van der Waals surface area (Å²) < 4.78 is 0. The first-order valence-corrected chi connectivity index (χ1v) is 6.19. The molecule has 0 saturated carbocycles. The predicted molar refractivity (Wildman–Crippen MR) is 66.7 cm³/mol. The highest BCUT2D eigenvalue weighted by Gasteiger charge is 2.24. The van der Waals surface area contributed by atoms with Gasteiger partial charge in [0.05, 0.1) is 0 Å². The number of amides is 1. The summed E-state index contributed by atoms with van der Waals surface area (Å²) in [4.78, 5) is 13.7. The van der Waals surface area contributed by atoms with Crippen LogP contribution in [0.2, 0.25) is 0 Å². The lowest BCUT2D eigenvalue weighted by molar-refractivity contribution is -0.138. The molecule has 0 aromatic heterocycles. The molecule has 1 N–H and O–H groups in total. The second-order valence-corrected chi connectivity index (χ2v) is 4.74. The summed E-state index contributed by atoms with van der Waals surface area (Å²) in [6, 6.07) is 7.94. The largest absolute Gasteiger partial charge is 0.383 e. The third-order valence-electron chi connectivity index (χ3n) is 3.25. The number of hydrogen-bond donors (Lipinski definition) is 1. The quantitative estimate of drug-likeness (QED) is 0.860. The van der Waals surface area contributed by atoms with Crippen molar-refractivity contribution in [2.75, 3.05) is 13.1 Å². The SMILES string of the molecule is Cc1ccc(CC(O)C(=O)N2CCCC2)cc1. The maximum absolute atomic E-state index is 11.9. The van der Waals surface area contributed by atoms with E-state index in [4.69, 9.17) is 0 Å². The van der Waals surface area contributed by atoms with Crippen LogP contribution in [-0.4, -0.2) is 35.1 Å². The van der Waals surface area contributed by atoms with Gasteiger partial charge in [-0.3, -0.25) is 4.79 Å². The Labute approximate surface area is 102 Å². The van der Waals surface area contributed by atoms with Gasteiger partial charge < -0.3 is 10.0 Å². The minimum atomic E-state index is -0.893. The van der Waals surface area contributed by atoms with Crippen molar-refractivity contribution in [2.45, 2.75) is 32.3 Å². The smallest absolute Gasteiger partial charge is 0.251 e. The van der Waals surface area contributed by atoms with Crippen LogP contribution >= 0.6 is 0 Å². The lowest BCUT2D eigenvalue weighted by atomic mass is 10.1. The molecule has 1 amide bonds. The van der Waals surface area contributed by atoms with Gasteiger partial charge in [-0.05, 0) is 25.3 Å². The Balaban J connectivity index is 1.93. The van der Waals surface area contributed by atoms with Crippen molar-refractivity contribution in [1.29, 1.82) is 0 Å². The van der Waals surface area contributed by atoms with E-state index in [0.29, 0.717) is 6.42 Å². The number of hydrogen-bond acceptors (Lipinski definition) is 2. The third-order valence-corrected chi connectivity index (χ3v) is 3.25. The van der Waals surface area contributed by atoms with Gasteiger partial charge in [0.15, 0.2) is 0 Å². The third kappa shape index (κ3) is 3.07. The summed E-state index contributed by atoms with van der Waals surface area (Å²) in [5, 5.41) is 9.91. The number of likely N-dealkylation sites (tertiary alicyclic amines) is 1. The second kappa shape index (κ2) is 5.32. The molecule has 1 aromatic carbocycles. The summed E-state index contributed by atoms with van der Waals surface area (Å²) in [6.45, 7) is 3.61. The minimum Gasteiger partial charge on any atom is -0.383 e. The monoisotopic (exact) mass is 233 g/mol. The average Bonchev–Trinajstić information content (AvgIpc) is 2.84. The van der Waals surface area contributed by atoms with Crippen LogP contribution in [0.15, 0.2) is 24.3 Å². The normalized spacial score (nSPS) is 17.2. The number of carbonyl (C=O) groups excluding carboxylic acids is 1. The molecule has 0 radical (unpaired) electrons. The lowest BCUT2D eigenvalue weighted by Crippen LogP contribution is -2.38. The zero-order chi connectivity index (χ0) is 12.3. The topological polar surface area (TPSA) is 40.5 Å². The Kier molecular flexibility index (Phi) is 3.79. The standard InChI is InChI=1S/C14H19NO2/c1-11-4-6-12(7-5-11)10-13(16)14(17)15-8-2-3-9-15/h4-7,13,16H,2-3,8-10H2,1H3. The van der Waals surface area contributed by atoms with Crippen LogP contribution in [0.5, 0.6) is 0 Å². The molecule has 2 rings (SSSR count). The fraction of sp³-hybridized carbons (Fsp3) is 0.500. The molecule has 1 saturated heterocycles. The van der Waals surface area contributed by atoms with Crippen molar-refractivity contribution in [3.8, 4) is 0 Å². The number of benzene rings is 1. The van der Waals surface area contributed by atoms with E-state index in [9.17, 15) is 9.90 Å². The van der Waals surface area contributed by atoms with E-state index in [2.05, 4.69) is 0 Å². The first-order chi connectivity index (χ1) is 8.16. The van der Waals surface area contributed by atoms with E-state index >= 15 is 0 Å². The zero-order valence-corrected chi connectivity index (χ0v) is 10.2. The van der Waals surface area contributed by atoms with Gasteiger partial charge in [-0.2, -0.15) is 0 Å². The maximum atomic E-state index is 11.9. The molecule has 17 heavy (non-hydrogen) atoms. The van der Waals surface area contributed by atoms with Crippen molar-refractivity contribution >= 4 is 5.91 Å². The molecule has 1 fully saturated rings. The summed E-state index contributed by atoms with van der Waals surface area (Å²) in [7, 11) is 0. The Morgan fingerprint density at radius 3 is 2.47 bits per heavy atom. The molecule has 1 aliphatic heterocycles. The molecule has 3 heteroatoms. The van der Waals surface area contributed by atoms with E-state index in [0.717, 1.165) is 31.5 Å². The van der Waals surface area contributed by atoms with E-state index in [1.54, 1.807) is 4.90 Å². The molecule has 0 aliphatic carbocycles. The van der Waals surface area contributed by atoms with Crippen LogP contribution in [0.1, 0.15) is 24.0 Å². The van der Waals surface area contributed by atoms with Crippen molar-refractivity contribution in [3.05, 3.63) is 35.4 Å². The lowest BCUT2D eigenvalue weighted by Gasteiger charge is -2.19. The second-order valence-electron chi connectivity index (χ2n) is 4.74. The Morgan fingerprint density at radius 2 is 1.88 bits per heavy atom. The van der Waals surface area contributed by atoms with Crippen molar-refractivity contribution in [2.24, 2.45) is 0 Å². The van der Waals surface area contributed by atoms with E-state index in [1.165, 1.54) is 5.56 Å². The first-order valence-electron chi connectivity index (χ1n) is 6.19. The Hall–Kier alpha value is -1.35. The van der Waals surface area contributed by atoms with Crippen molar-refractivity contribution in [3.63, 3.8) is 0 Å². The van der Waals surface area contributed by atoms with Gasteiger partial charge in [0.25, 0.3) is 5.91 Å². The molecule has 1 aromatic rings.